The van der Waals surface area contributed by atoms with Gasteiger partial charge in [-0.05, 0) is 26.0 Å². The molecule has 0 aliphatic rings. The van der Waals surface area contributed by atoms with Crippen LogP contribution in [0.15, 0.2) is 18.2 Å². The summed E-state index contributed by atoms with van der Waals surface area (Å²) in [6.45, 7) is 4.00. The maximum atomic E-state index is 6.00. The topological polar surface area (TPSA) is 17.3 Å². The zero-order chi connectivity index (χ0) is 8.72. The molecule has 0 unspecified atom stereocenters. The first-order chi connectivity index (χ1) is 5.70. The van der Waals surface area contributed by atoms with Crippen LogP contribution in [0.5, 0.6) is 0 Å². The van der Waals surface area contributed by atoms with Crippen molar-refractivity contribution < 1.29 is 0 Å². The Kier molecular flexibility index (Phi) is 2.98. The molecule has 0 atom stereocenters. The first kappa shape index (κ1) is 10.5. The van der Waals surface area contributed by atoms with Crippen molar-refractivity contribution in [3.05, 3.63) is 34.7 Å². The molecule has 70 valence electrons. The van der Waals surface area contributed by atoms with E-state index in [9.17, 15) is 0 Å². The van der Waals surface area contributed by atoms with E-state index >= 15 is 0 Å². The number of hydrogen-bond acceptors (Lipinski definition) is 1. The molecule has 0 spiro atoms. The molecule has 4 heteroatoms. The average Bonchev–Trinajstić information content (AvgIpc) is 2.29. The minimum atomic E-state index is 0. The van der Waals surface area contributed by atoms with E-state index in [0.717, 1.165) is 17.0 Å². The molecule has 0 aliphatic heterocycles. The number of halogens is 2. The molecule has 13 heavy (non-hydrogen) atoms. The summed E-state index contributed by atoms with van der Waals surface area (Å²) in [6.07, 6.45) is 0. The van der Waals surface area contributed by atoms with Crippen LogP contribution in [0.2, 0.25) is 5.15 Å². The molecule has 2 heterocycles. The average molecular weight is 262 g/mol. The van der Waals surface area contributed by atoms with E-state index in [1.54, 1.807) is 0 Å². The number of aromatic nitrogens is 2. The normalized spacial score (nSPS) is 10.1. The number of nitrogens with zero attached hydrogens (tertiary/aromatic N) is 2. The van der Waals surface area contributed by atoms with Crippen LogP contribution in [-0.2, 0) is 0 Å². The lowest BCUT2D eigenvalue weighted by Crippen LogP contribution is -1.88. The van der Waals surface area contributed by atoms with Gasteiger partial charge in [-0.15, -0.1) is 17.0 Å². The van der Waals surface area contributed by atoms with E-state index in [1.807, 2.05) is 36.4 Å². The van der Waals surface area contributed by atoms with Crippen LogP contribution in [0.25, 0.3) is 5.65 Å². The Morgan fingerprint density at radius 3 is 2.62 bits per heavy atom. The fourth-order valence-electron chi connectivity index (χ4n) is 1.31. The maximum absolute atomic E-state index is 6.00. The van der Waals surface area contributed by atoms with E-state index in [4.69, 9.17) is 11.6 Å². The van der Waals surface area contributed by atoms with Crippen LogP contribution < -0.4 is 0 Å². The minimum Gasteiger partial charge on any atom is -0.287 e. The summed E-state index contributed by atoms with van der Waals surface area (Å²) in [5, 5.41) is 0.714. The third kappa shape index (κ3) is 1.58. The van der Waals surface area contributed by atoms with Crippen LogP contribution in [-0.4, -0.2) is 9.38 Å². The third-order valence-corrected chi connectivity index (χ3v) is 2.36. The largest absolute Gasteiger partial charge is 0.287 e. The van der Waals surface area contributed by atoms with Crippen molar-refractivity contribution in [1.82, 2.24) is 9.38 Å². The van der Waals surface area contributed by atoms with Gasteiger partial charge in [-0.3, -0.25) is 4.40 Å². The molecule has 2 aromatic rings. The quantitative estimate of drug-likeness (QED) is 0.666. The highest BCUT2D eigenvalue weighted by atomic mass is 79.9. The zero-order valence-corrected chi connectivity index (χ0v) is 9.88. The van der Waals surface area contributed by atoms with Crippen molar-refractivity contribution in [2.75, 3.05) is 0 Å². The highest BCUT2D eigenvalue weighted by Gasteiger charge is 2.05. The molecule has 0 amide bonds. The van der Waals surface area contributed by atoms with Gasteiger partial charge >= 0.3 is 0 Å². The summed E-state index contributed by atoms with van der Waals surface area (Å²) < 4.78 is 1.94. The summed E-state index contributed by atoms with van der Waals surface area (Å²) in [4.78, 5) is 4.35. The molecule has 0 aliphatic carbocycles. The van der Waals surface area contributed by atoms with Gasteiger partial charge in [0.25, 0.3) is 0 Å². The Morgan fingerprint density at radius 1 is 1.31 bits per heavy atom. The van der Waals surface area contributed by atoms with Crippen molar-refractivity contribution in [2.45, 2.75) is 13.8 Å². The second-order valence-corrected chi connectivity index (χ2v) is 3.21. The summed E-state index contributed by atoms with van der Waals surface area (Å²) in [5.74, 6) is 0. The van der Waals surface area contributed by atoms with Crippen LogP contribution in [0.3, 0.4) is 0 Å². The molecule has 0 fully saturated rings. The zero-order valence-electron chi connectivity index (χ0n) is 7.41. The first-order valence-electron chi connectivity index (χ1n) is 3.80. The highest BCUT2D eigenvalue weighted by Crippen LogP contribution is 2.16. The summed E-state index contributed by atoms with van der Waals surface area (Å²) in [6, 6.07) is 5.72. The number of aryl methyl sites for hydroxylation is 2. The van der Waals surface area contributed by atoms with Crippen LogP contribution >= 0.6 is 28.6 Å². The monoisotopic (exact) mass is 260 g/mol. The number of fused-ring (bicyclic) bond motifs is 1. The van der Waals surface area contributed by atoms with Gasteiger partial charge in [0, 0.05) is 5.69 Å². The fraction of sp³-hybridized carbons (Fsp3) is 0.222. The second-order valence-electron chi connectivity index (χ2n) is 2.82. The number of pyridine rings is 1. The Morgan fingerprint density at radius 2 is 2.00 bits per heavy atom. The van der Waals surface area contributed by atoms with Gasteiger partial charge in [0.1, 0.15) is 10.8 Å². The molecule has 2 nitrogen and oxygen atoms in total. The molecule has 0 bridgehead atoms. The van der Waals surface area contributed by atoms with Gasteiger partial charge in [-0.25, -0.2) is 4.98 Å². The third-order valence-electron chi connectivity index (χ3n) is 2.06. The predicted octanol–water partition coefficient (Wildman–Crippen LogP) is 3.18. The summed E-state index contributed by atoms with van der Waals surface area (Å²) in [7, 11) is 0. The Balaban J connectivity index is 0.000000845. The number of hydrogen-bond donors (Lipinski definition) is 0. The SMILES string of the molecule is Br.Cc1nc2cccc(Cl)n2c1C. The van der Waals surface area contributed by atoms with Crippen LogP contribution in [0.4, 0.5) is 0 Å². The maximum Gasteiger partial charge on any atom is 0.138 e. The molecule has 0 saturated heterocycles. The molecule has 0 radical (unpaired) electrons. The summed E-state index contributed by atoms with van der Waals surface area (Å²) in [5.41, 5.74) is 3.05. The van der Waals surface area contributed by atoms with E-state index in [2.05, 4.69) is 4.98 Å². The summed E-state index contributed by atoms with van der Waals surface area (Å²) >= 11 is 6.00. The van der Waals surface area contributed by atoms with Crippen LogP contribution in [0, 0.1) is 13.8 Å². The smallest absolute Gasteiger partial charge is 0.138 e. The lowest BCUT2D eigenvalue weighted by atomic mass is 10.4. The van der Waals surface area contributed by atoms with Crippen molar-refractivity contribution in [2.24, 2.45) is 0 Å². The Hall–Kier alpha value is -0.540. The van der Waals surface area contributed by atoms with Crippen molar-refractivity contribution in [3.63, 3.8) is 0 Å². The van der Waals surface area contributed by atoms with Gasteiger partial charge in [-0.1, -0.05) is 17.7 Å². The first-order valence-corrected chi connectivity index (χ1v) is 4.18. The molecular weight excluding hydrogens is 251 g/mol. The van der Waals surface area contributed by atoms with E-state index in [-0.39, 0.29) is 17.0 Å². The number of rotatable bonds is 0. The van der Waals surface area contributed by atoms with Gasteiger partial charge in [0.15, 0.2) is 0 Å². The highest BCUT2D eigenvalue weighted by molar-refractivity contribution is 8.93. The molecule has 0 N–H and O–H groups in total. The molecule has 2 rings (SSSR count). The van der Waals surface area contributed by atoms with Gasteiger partial charge in [-0.2, -0.15) is 0 Å². The standard InChI is InChI=1S/C9H9ClN2.BrH/c1-6-7(2)12-8(10)4-3-5-9(12)11-6;/h3-5H,1-2H3;1H. The van der Waals surface area contributed by atoms with E-state index in [1.165, 1.54) is 0 Å². The molecule has 0 saturated carbocycles. The van der Waals surface area contributed by atoms with Gasteiger partial charge in [0.2, 0.25) is 0 Å². The Bertz CT molecular complexity index is 436. The van der Waals surface area contributed by atoms with Gasteiger partial charge < -0.3 is 0 Å². The predicted molar refractivity (Wildman–Crippen MR) is 60.0 cm³/mol. The lowest BCUT2D eigenvalue weighted by molar-refractivity contribution is 1.09. The van der Waals surface area contributed by atoms with Crippen molar-refractivity contribution in [1.29, 1.82) is 0 Å². The molecule has 0 aromatic carbocycles. The van der Waals surface area contributed by atoms with E-state index < -0.39 is 0 Å². The Labute approximate surface area is 92.3 Å². The van der Waals surface area contributed by atoms with Gasteiger partial charge in [0.05, 0.1) is 5.69 Å². The molecular formula is C9H10BrClN2. The number of imidazole rings is 1. The second kappa shape index (κ2) is 3.68. The van der Waals surface area contributed by atoms with Crippen molar-refractivity contribution >= 4 is 34.2 Å². The van der Waals surface area contributed by atoms with Crippen LogP contribution in [0.1, 0.15) is 11.4 Å². The van der Waals surface area contributed by atoms with Crippen molar-refractivity contribution in [3.8, 4) is 0 Å². The van der Waals surface area contributed by atoms with E-state index in [0.29, 0.717) is 5.15 Å². The fourth-order valence-corrected chi connectivity index (χ4v) is 1.59. The minimum absolute atomic E-state index is 0. The lowest BCUT2D eigenvalue weighted by Gasteiger charge is -1.98. The molecule has 2 aromatic heterocycles.